The minimum atomic E-state index is -0.565. The van der Waals surface area contributed by atoms with Crippen LogP contribution in [-0.2, 0) is 0 Å². The fourth-order valence-corrected chi connectivity index (χ4v) is 1.85. The molecule has 1 amide bonds. The number of ether oxygens (including phenoxy) is 1. The summed E-state index contributed by atoms with van der Waals surface area (Å²) in [6.07, 6.45) is 0.760. The van der Waals surface area contributed by atoms with E-state index in [4.69, 9.17) is 9.84 Å². The molecule has 0 saturated heterocycles. The Hall–Kier alpha value is -2.15. The number of amides is 1. The molecule has 20 heavy (non-hydrogen) atoms. The van der Waals surface area contributed by atoms with Crippen molar-refractivity contribution in [3.8, 4) is 5.75 Å². The Morgan fingerprint density at radius 2 is 2.15 bits per heavy atom. The second-order valence-corrected chi connectivity index (χ2v) is 4.16. The second-order valence-electron chi connectivity index (χ2n) is 4.16. The Morgan fingerprint density at radius 1 is 1.45 bits per heavy atom. The second kappa shape index (κ2) is 7.44. The number of carbonyl (C=O) groups is 1. The highest BCUT2D eigenvalue weighted by molar-refractivity contribution is 5.95. The number of aliphatic hydroxyl groups excluding tert-OH is 1. The number of carbonyl (C=O) groups excluding carboxylic acids is 1. The van der Waals surface area contributed by atoms with Crippen LogP contribution in [0.2, 0.25) is 0 Å². The van der Waals surface area contributed by atoms with Crippen LogP contribution in [0, 0.1) is 10.1 Å². The van der Waals surface area contributed by atoms with E-state index >= 15 is 0 Å². The number of hydrogen-bond donors (Lipinski definition) is 1. The van der Waals surface area contributed by atoms with Crippen LogP contribution in [0.25, 0.3) is 0 Å². The fraction of sp³-hybridized carbons (Fsp3) is 0.462. The van der Waals surface area contributed by atoms with Crippen molar-refractivity contribution >= 4 is 11.6 Å². The fourth-order valence-electron chi connectivity index (χ4n) is 1.85. The Balaban J connectivity index is 3.06. The largest absolute Gasteiger partial charge is 0.490 e. The SMILES string of the molecule is CCCN(CCO)C(=O)c1ccc([N+](=O)[O-])c(OC)c1. The molecule has 110 valence electrons. The van der Waals surface area contributed by atoms with Crippen molar-refractivity contribution in [1.29, 1.82) is 0 Å². The number of rotatable bonds is 7. The standard InChI is InChI=1S/C13H18N2O5/c1-3-6-14(7-8-16)13(17)10-4-5-11(15(18)19)12(9-10)20-2/h4-5,9,16H,3,6-8H2,1-2H3. The van der Waals surface area contributed by atoms with E-state index < -0.39 is 4.92 Å². The van der Waals surface area contributed by atoms with Gasteiger partial charge >= 0.3 is 5.69 Å². The zero-order chi connectivity index (χ0) is 15.1. The van der Waals surface area contributed by atoms with Crippen LogP contribution in [0.3, 0.4) is 0 Å². The van der Waals surface area contributed by atoms with E-state index in [0.717, 1.165) is 6.42 Å². The molecule has 0 bridgehead atoms. The molecule has 0 unspecified atom stereocenters. The van der Waals surface area contributed by atoms with E-state index in [-0.39, 0.29) is 30.5 Å². The van der Waals surface area contributed by atoms with Gasteiger partial charge in [0.25, 0.3) is 5.91 Å². The van der Waals surface area contributed by atoms with Gasteiger partial charge in [0.05, 0.1) is 18.6 Å². The molecule has 0 atom stereocenters. The molecule has 0 radical (unpaired) electrons. The highest BCUT2D eigenvalue weighted by atomic mass is 16.6. The van der Waals surface area contributed by atoms with Gasteiger partial charge in [0.15, 0.2) is 5.75 Å². The number of aliphatic hydroxyl groups is 1. The average Bonchev–Trinajstić information content (AvgIpc) is 2.45. The van der Waals surface area contributed by atoms with Crippen LogP contribution in [-0.4, -0.2) is 47.6 Å². The van der Waals surface area contributed by atoms with Crippen molar-refractivity contribution < 1.29 is 19.6 Å². The first-order chi connectivity index (χ1) is 9.54. The third-order valence-corrected chi connectivity index (χ3v) is 2.77. The summed E-state index contributed by atoms with van der Waals surface area (Å²) in [5.74, 6) is -0.240. The molecule has 0 saturated carbocycles. The number of nitro groups is 1. The molecule has 0 aliphatic carbocycles. The molecule has 0 fully saturated rings. The van der Waals surface area contributed by atoms with Crippen molar-refractivity contribution in [3.63, 3.8) is 0 Å². The first kappa shape index (κ1) is 15.9. The van der Waals surface area contributed by atoms with Gasteiger partial charge in [-0.15, -0.1) is 0 Å². The molecule has 1 aromatic carbocycles. The van der Waals surface area contributed by atoms with Crippen LogP contribution >= 0.6 is 0 Å². The maximum Gasteiger partial charge on any atom is 0.310 e. The first-order valence-corrected chi connectivity index (χ1v) is 6.27. The predicted molar refractivity (Wildman–Crippen MR) is 72.9 cm³/mol. The summed E-state index contributed by atoms with van der Waals surface area (Å²) in [5, 5.41) is 19.8. The molecular weight excluding hydrogens is 264 g/mol. The number of methoxy groups -OCH3 is 1. The molecule has 0 heterocycles. The van der Waals surface area contributed by atoms with Gasteiger partial charge in [-0.3, -0.25) is 14.9 Å². The summed E-state index contributed by atoms with van der Waals surface area (Å²) in [4.78, 5) is 24.0. The van der Waals surface area contributed by atoms with Gasteiger partial charge in [-0.05, 0) is 12.5 Å². The lowest BCUT2D eigenvalue weighted by Gasteiger charge is -2.21. The van der Waals surface area contributed by atoms with E-state index in [9.17, 15) is 14.9 Å². The Morgan fingerprint density at radius 3 is 2.65 bits per heavy atom. The summed E-state index contributed by atoms with van der Waals surface area (Å²) in [5.41, 5.74) is 0.114. The van der Waals surface area contributed by atoms with Gasteiger partial charge in [-0.2, -0.15) is 0 Å². The third-order valence-electron chi connectivity index (χ3n) is 2.77. The minimum Gasteiger partial charge on any atom is -0.490 e. The third kappa shape index (κ3) is 3.67. The minimum absolute atomic E-state index is 0.0429. The van der Waals surface area contributed by atoms with Crippen molar-refractivity contribution in [2.24, 2.45) is 0 Å². The Bertz CT molecular complexity index is 484. The van der Waals surface area contributed by atoms with Crippen molar-refractivity contribution in [1.82, 2.24) is 4.90 Å². The molecule has 1 N–H and O–H groups in total. The van der Waals surface area contributed by atoms with Crippen LogP contribution in [0.1, 0.15) is 23.7 Å². The molecule has 0 spiro atoms. The summed E-state index contributed by atoms with van der Waals surface area (Å²) in [6.45, 7) is 2.54. The topological polar surface area (TPSA) is 92.9 Å². The van der Waals surface area contributed by atoms with Gasteiger partial charge in [0, 0.05) is 30.8 Å². The van der Waals surface area contributed by atoms with Crippen LogP contribution in [0.15, 0.2) is 18.2 Å². The van der Waals surface area contributed by atoms with Crippen LogP contribution in [0.4, 0.5) is 5.69 Å². The van der Waals surface area contributed by atoms with E-state index in [2.05, 4.69) is 0 Å². The van der Waals surface area contributed by atoms with Gasteiger partial charge in [-0.1, -0.05) is 6.92 Å². The molecule has 7 nitrogen and oxygen atoms in total. The number of nitrogens with zero attached hydrogens (tertiary/aromatic N) is 2. The van der Waals surface area contributed by atoms with E-state index in [1.807, 2.05) is 6.92 Å². The van der Waals surface area contributed by atoms with E-state index in [1.165, 1.54) is 30.2 Å². The maximum atomic E-state index is 12.3. The monoisotopic (exact) mass is 282 g/mol. The number of nitro benzene ring substituents is 1. The first-order valence-electron chi connectivity index (χ1n) is 6.27. The zero-order valence-corrected chi connectivity index (χ0v) is 11.5. The molecular formula is C13H18N2O5. The lowest BCUT2D eigenvalue weighted by atomic mass is 10.1. The Labute approximate surface area is 116 Å². The molecule has 0 aliphatic rings. The van der Waals surface area contributed by atoms with Crippen molar-refractivity contribution in [3.05, 3.63) is 33.9 Å². The lowest BCUT2D eigenvalue weighted by molar-refractivity contribution is -0.385. The van der Waals surface area contributed by atoms with Gasteiger partial charge in [0.2, 0.25) is 0 Å². The highest BCUT2D eigenvalue weighted by Crippen LogP contribution is 2.28. The summed E-state index contributed by atoms with van der Waals surface area (Å²) in [6, 6.07) is 3.98. The predicted octanol–water partition coefficient (Wildman–Crippen LogP) is 1.45. The average molecular weight is 282 g/mol. The smallest absolute Gasteiger partial charge is 0.310 e. The summed E-state index contributed by atoms with van der Waals surface area (Å²) >= 11 is 0. The van der Waals surface area contributed by atoms with Crippen LogP contribution in [0.5, 0.6) is 5.75 Å². The summed E-state index contributed by atoms with van der Waals surface area (Å²) < 4.78 is 4.94. The summed E-state index contributed by atoms with van der Waals surface area (Å²) in [7, 11) is 1.31. The zero-order valence-electron chi connectivity index (χ0n) is 11.5. The number of hydrogen-bond acceptors (Lipinski definition) is 5. The molecule has 1 aromatic rings. The van der Waals surface area contributed by atoms with Crippen molar-refractivity contribution in [2.45, 2.75) is 13.3 Å². The number of benzene rings is 1. The Kier molecular flexibility index (Phi) is 5.92. The quantitative estimate of drug-likeness (QED) is 0.603. The van der Waals surface area contributed by atoms with Gasteiger partial charge in [-0.25, -0.2) is 0 Å². The molecule has 0 aromatic heterocycles. The molecule has 7 heteroatoms. The van der Waals surface area contributed by atoms with E-state index in [1.54, 1.807) is 0 Å². The molecule has 0 aliphatic heterocycles. The van der Waals surface area contributed by atoms with Crippen LogP contribution < -0.4 is 4.74 Å². The lowest BCUT2D eigenvalue weighted by Crippen LogP contribution is -2.34. The van der Waals surface area contributed by atoms with Gasteiger partial charge < -0.3 is 14.7 Å². The normalized spacial score (nSPS) is 10.2. The van der Waals surface area contributed by atoms with E-state index in [0.29, 0.717) is 12.1 Å². The van der Waals surface area contributed by atoms with Crippen molar-refractivity contribution in [2.75, 3.05) is 26.8 Å². The molecule has 1 rings (SSSR count). The maximum absolute atomic E-state index is 12.3. The van der Waals surface area contributed by atoms with Gasteiger partial charge in [0.1, 0.15) is 0 Å². The highest BCUT2D eigenvalue weighted by Gasteiger charge is 2.20.